The molecule has 0 spiro atoms. The lowest BCUT2D eigenvalue weighted by Crippen LogP contribution is -2.30. The Morgan fingerprint density at radius 1 is 1.10 bits per heavy atom. The molecular weight excluding hydrogens is 374 g/mol. The third-order valence-electron chi connectivity index (χ3n) is 3.11. The molecule has 0 aliphatic rings. The summed E-state index contributed by atoms with van der Waals surface area (Å²) in [5.41, 5.74) is 0.793. The van der Waals surface area contributed by atoms with E-state index in [2.05, 4.69) is 15.9 Å². The Bertz CT molecular complexity index is 717. The van der Waals surface area contributed by atoms with Crippen LogP contribution in [0.15, 0.2) is 57.9 Å². The molecule has 0 fully saturated rings. The first kappa shape index (κ1) is 16.5. The van der Waals surface area contributed by atoms with Crippen LogP contribution in [0.2, 0.25) is 5.02 Å². The first-order valence-corrected chi connectivity index (χ1v) is 9.05. The third kappa shape index (κ3) is 3.86. The fourth-order valence-corrected chi connectivity index (χ4v) is 3.83. The standard InChI is InChI=1S/C15H15BrClNO2S/c1-2-18(11-12-5-3-4-6-15(12)17)21(19,20)14-9-7-13(16)8-10-14/h3-10H,2,11H2,1H3. The lowest BCUT2D eigenvalue weighted by atomic mass is 10.2. The van der Waals surface area contributed by atoms with Gasteiger partial charge in [-0.1, -0.05) is 52.7 Å². The Morgan fingerprint density at radius 3 is 2.29 bits per heavy atom. The molecule has 0 radical (unpaired) electrons. The van der Waals surface area contributed by atoms with Gasteiger partial charge in [0.05, 0.1) is 4.90 Å². The van der Waals surface area contributed by atoms with Gasteiger partial charge in [0.1, 0.15) is 0 Å². The summed E-state index contributed by atoms with van der Waals surface area (Å²) in [5.74, 6) is 0. The largest absolute Gasteiger partial charge is 0.243 e. The Kier molecular flexibility index (Phi) is 5.43. The van der Waals surface area contributed by atoms with Gasteiger partial charge in [0.25, 0.3) is 0 Å². The molecule has 3 nitrogen and oxygen atoms in total. The van der Waals surface area contributed by atoms with Crippen molar-refractivity contribution in [2.24, 2.45) is 0 Å². The van der Waals surface area contributed by atoms with Gasteiger partial charge in [-0.25, -0.2) is 8.42 Å². The second-order valence-electron chi connectivity index (χ2n) is 4.48. The Hall–Kier alpha value is -0.880. The summed E-state index contributed by atoms with van der Waals surface area (Å²) in [5, 5.41) is 0.571. The highest BCUT2D eigenvalue weighted by Gasteiger charge is 2.23. The summed E-state index contributed by atoms with van der Waals surface area (Å²) >= 11 is 9.42. The zero-order valence-corrected chi connectivity index (χ0v) is 14.6. The highest BCUT2D eigenvalue weighted by Crippen LogP contribution is 2.23. The summed E-state index contributed by atoms with van der Waals surface area (Å²) in [6.45, 7) is 2.45. The van der Waals surface area contributed by atoms with Gasteiger partial charge >= 0.3 is 0 Å². The molecule has 0 unspecified atom stereocenters. The Morgan fingerprint density at radius 2 is 1.71 bits per heavy atom. The number of rotatable bonds is 5. The fraction of sp³-hybridized carbons (Fsp3) is 0.200. The monoisotopic (exact) mass is 387 g/mol. The molecule has 0 saturated carbocycles. The molecule has 112 valence electrons. The van der Waals surface area contributed by atoms with Gasteiger partial charge in [0, 0.05) is 22.6 Å². The Labute approximate surface area is 138 Å². The molecular formula is C15H15BrClNO2S. The molecule has 0 atom stereocenters. The smallest absolute Gasteiger partial charge is 0.207 e. The second-order valence-corrected chi connectivity index (χ2v) is 7.74. The SMILES string of the molecule is CCN(Cc1ccccc1Cl)S(=O)(=O)c1ccc(Br)cc1. The predicted octanol–water partition coefficient (Wildman–Crippen LogP) is 4.31. The van der Waals surface area contributed by atoms with Gasteiger partial charge in [-0.2, -0.15) is 4.31 Å². The lowest BCUT2D eigenvalue weighted by Gasteiger charge is -2.21. The summed E-state index contributed by atoms with van der Waals surface area (Å²) in [6, 6.07) is 13.9. The van der Waals surface area contributed by atoms with Crippen LogP contribution in [0.1, 0.15) is 12.5 Å². The number of hydrogen-bond acceptors (Lipinski definition) is 2. The van der Waals surface area contributed by atoms with Crippen molar-refractivity contribution in [1.82, 2.24) is 4.31 Å². The molecule has 0 amide bonds. The first-order valence-electron chi connectivity index (χ1n) is 6.44. The lowest BCUT2D eigenvalue weighted by molar-refractivity contribution is 0.423. The van der Waals surface area contributed by atoms with E-state index in [1.165, 1.54) is 4.31 Å². The molecule has 21 heavy (non-hydrogen) atoms. The minimum atomic E-state index is -3.53. The average Bonchev–Trinajstić information content (AvgIpc) is 2.46. The van der Waals surface area contributed by atoms with E-state index in [0.717, 1.165) is 10.0 Å². The van der Waals surface area contributed by atoms with Crippen LogP contribution in [0, 0.1) is 0 Å². The zero-order valence-electron chi connectivity index (χ0n) is 11.5. The van der Waals surface area contributed by atoms with Gasteiger partial charge in [-0.3, -0.25) is 0 Å². The summed E-state index contributed by atoms with van der Waals surface area (Å²) in [6.07, 6.45) is 0. The highest BCUT2D eigenvalue weighted by molar-refractivity contribution is 9.10. The van der Waals surface area contributed by atoms with Crippen LogP contribution in [-0.4, -0.2) is 19.3 Å². The molecule has 0 N–H and O–H groups in total. The van der Waals surface area contributed by atoms with Crippen LogP contribution in [0.5, 0.6) is 0 Å². The molecule has 0 aliphatic heterocycles. The minimum absolute atomic E-state index is 0.259. The quantitative estimate of drug-likeness (QED) is 0.765. The highest BCUT2D eigenvalue weighted by atomic mass is 79.9. The van der Waals surface area contributed by atoms with E-state index in [9.17, 15) is 8.42 Å². The van der Waals surface area contributed by atoms with E-state index in [1.807, 2.05) is 25.1 Å². The maximum absolute atomic E-state index is 12.7. The molecule has 6 heteroatoms. The van der Waals surface area contributed by atoms with E-state index >= 15 is 0 Å². The molecule has 0 saturated heterocycles. The van der Waals surface area contributed by atoms with Crippen molar-refractivity contribution in [2.45, 2.75) is 18.4 Å². The van der Waals surface area contributed by atoms with E-state index < -0.39 is 10.0 Å². The van der Waals surface area contributed by atoms with Gasteiger partial charge in [0.15, 0.2) is 0 Å². The van der Waals surface area contributed by atoms with Gasteiger partial charge in [0.2, 0.25) is 10.0 Å². The van der Waals surface area contributed by atoms with Crippen LogP contribution >= 0.6 is 27.5 Å². The molecule has 0 heterocycles. The molecule has 0 bridgehead atoms. The topological polar surface area (TPSA) is 37.4 Å². The molecule has 0 aliphatic carbocycles. The first-order chi connectivity index (χ1) is 9.95. The van der Waals surface area contributed by atoms with Crippen molar-refractivity contribution in [3.05, 3.63) is 63.6 Å². The molecule has 2 aromatic carbocycles. The Balaban J connectivity index is 2.32. The summed E-state index contributed by atoms with van der Waals surface area (Å²) in [7, 11) is -3.53. The van der Waals surface area contributed by atoms with E-state index in [4.69, 9.17) is 11.6 Å². The number of benzene rings is 2. The minimum Gasteiger partial charge on any atom is -0.207 e. The number of sulfonamides is 1. The predicted molar refractivity (Wildman–Crippen MR) is 88.9 cm³/mol. The van der Waals surface area contributed by atoms with E-state index in [1.54, 1.807) is 30.3 Å². The van der Waals surface area contributed by atoms with Crippen LogP contribution in [0.25, 0.3) is 0 Å². The third-order valence-corrected chi connectivity index (χ3v) is 5.94. The molecule has 2 rings (SSSR count). The fourth-order valence-electron chi connectivity index (χ4n) is 1.94. The van der Waals surface area contributed by atoms with Crippen LogP contribution < -0.4 is 0 Å². The second kappa shape index (κ2) is 6.92. The summed E-state index contributed by atoms with van der Waals surface area (Å²) in [4.78, 5) is 0.277. The van der Waals surface area contributed by atoms with Crippen molar-refractivity contribution < 1.29 is 8.42 Å². The van der Waals surface area contributed by atoms with Gasteiger partial charge in [-0.05, 0) is 35.9 Å². The number of nitrogens with zero attached hydrogens (tertiary/aromatic N) is 1. The number of hydrogen-bond donors (Lipinski definition) is 0. The maximum Gasteiger partial charge on any atom is 0.243 e. The summed E-state index contributed by atoms with van der Waals surface area (Å²) < 4.78 is 27.6. The normalized spacial score (nSPS) is 11.8. The van der Waals surface area contributed by atoms with E-state index in [0.29, 0.717) is 11.6 Å². The molecule has 2 aromatic rings. The number of halogens is 2. The van der Waals surface area contributed by atoms with Crippen molar-refractivity contribution >= 4 is 37.6 Å². The van der Waals surface area contributed by atoms with E-state index in [-0.39, 0.29) is 11.4 Å². The van der Waals surface area contributed by atoms with Crippen LogP contribution in [0.4, 0.5) is 0 Å². The van der Waals surface area contributed by atoms with Crippen molar-refractivity contribution in [1.29, 1.82) is 0 Å². The maximum atomic E-state index is 12.7. The van der Waals surface area contributed by atoms with Crippen LogP contribution in [-0.2, 0) is 16.6 Å². The van der Waals surface area contributed by atoms with Gasteiger partial charge < -0.3 is 0 Å². The molecule has 0 aromatic heterocycles. The van der Waals surface area contributed by atoms with Crippen molar-refractivity contribution in [2.75, 3.05) is 6.54 Å². The van der Waals surface area contributed by atoms with Crippen molar-refractivity contribution in [3.8, 4) is 0 Å². The van der Waals surface area contributed by atoms with Gasteiger partial charge in [-0.15, -0.1) is 0 Å². The average molecular weight is 389 g/mol. The zero-order chi connectivity index (χ0) is 15.5. The van der Waals surface area contributed by atoms with Crippen molar-refractivity contribution in [3.63, 3.8) is 0 Å². The van der Waals surface area contributed by atoms with Crippen LogP contribution in [0.3, 0.4) is 0 Å².